The number of benzene rings is 1. The summed E-state index contributed by atoms with van der Waals surface area (Å²) in [4.78, 5) is 2.37. The van der Waals surface area contributed by atoms with Crippen LogP contribution in [0.4, 0.5) is 5.69 Å². The van der Waals surface area contributed by atoms with Gasteiger partial charge in [0.2, 0.25) is 0 Å². The molecular weight excluding hydrogens is 246 g/mol. The topological polar surface area (TPSA) is 53.1 Å². The van der Waals surface area contributed by atoms with Crippen molar-refractivity contribution in [3.63, 3.8) is 0 Å². The Morgan fingerprint density at radius 3 is 2.78 bits per heavy atom. The molecule has 1 fully saturated rings. The average Bonchev–Trinajstić information content (AvgIpc) is 3.13. The minimum Gasteiger partial charge on any atom is -0.384 e. The maximum absolute atomic E-state index is 7.69. The van der Waals surface area contributed by atoms with Gasteiger partial charge in [-0.05, 0) is 37.5 Å². The number of amidine groups is 1. The lowest BCUT2D eigenvalue weighted by Gasteiger charge is -2.27. The standard InChI is InChI=1S/C14H20ClN3/c1-2-3-8-18(11-5-6-11)13-9-10(15)4-7-12(13)14(16)17/h4,7,9,11H,2-3,5-6,8H2,1H3,(H3,16,17). The first-order valence-electron chi connectivity index (χ1n) is 6.54. The number of nitrogen functional groups attached to an aromatic ring is 1. The van der Waals surface area contributed by atoms with E-state index in [1.54, 1.807) is 6.07 Å². The second-order valence-corrected chi connectivity index (χ2v) is 5.29. The van der Waals surface area contributed by atoms with Gasteiger partial charge in [0, 0.05) is 28.9 Å². The molecule has 0 heterocycles. The lowest BCUT2D eigenvalue weighted by atomic mass is 10.1. The van der Waals surface area contributed by atoms with Crippen molar-refractivity contribution in [3.05, 3.63) is 28.8 Å². The second kappa shape index (κ2) is 5.61. The predicted molar refractivity (Wildman–Crippen MR) is 77.7 cm³/mol. The third-order valence-corrected chi connectivity index (χ3v) is 3.53. The highest BCUT2D eigenvalue weighted by atomic mass is 35.5. The van der Waals surface area contributed by atoms with E-state index in [0.717, 1.165) is 24.2 Å². The first-order chi connectivity index (χ1) is 8.63. The summed E-state index contributed by atoms with van der Waals surface area (Å²) in [5.41, 5.74) is 7.48. The van der Waals surface area contributed by atoms with E-state index in [4.69, 9.17) is 22.7 Å². The van der Waals surface area contributed by atoms with E-state index in [-0.39, 0.29) is 5.84 Å². The zero-order valence-electron chi connectivity index (χ0n) is 10.7. The molecule has 3 N–H and O–H groups in total. The van der Waals surface area contributed by atoms with Gasteiger partial charge in [-0.1, -0.05) is 24.9 Å². The molecule has 0 amide bonds. The van der Waals surface area contributed by atoms with Gasteiger partial charge in [-0.25, -0.2) is 0 Å². The predicted octanol–water partition coefficient (Wildman–Crippen LogP) is 3.39. The van der Waals surface area contributed by atoms with Crippen LogP contribution >= 0.6 is 11.6 Å². The number of unbranched alkanes of at least 4 members (excludes halogenated alkanes) is 1. The number of halogens is 1. The number of nitrogens with one attached hydrogen (secondary N) is 1. The molecule has 0 spiro atoms. The molecule has 1 aromatic rings. The Morgan fingerprint density at radius 1 is 1.50 bits per heavy atom. The van der Waals surface area contributed by atoms with Crippen molar-refractivity contribution in [1.82, 2.24) is 0 Å². The SMILES string of the molecule is CCCCN(c1cc(Cl)ccc1C(=N)N)C1CC1. The molecule has 1 aliphatic carbocycles. The van der Waals surface area contributed by atoms with Crippen molar-refractivity contribution in [2.75, 3.05) is 11.4 Å². The lowest BCUT2D eigenvalue weighted by molar-refractivity contribution is 0.712. The van der Waals surface area contributed by atoms with Crippen LogP contribution in [0.1, 0.15) is 38.2 Å². The van der Waals surface area contributed by atoms with Crippen molar-refractivity contribution >= 4 is 23.1 Å². The smallest absolute Gasteiger partial charge is 0.124 e. The highest BCUT2D eigenvalue weighted by molar-refractivity contribution is 6.31. The molecule has 0 atom stereocenters. The van der Waals surface area contributed by atoms with Crippen LogP contribution in [0.2, 0.25) is 5.02 Å². The Morgan fingerprint density at radius 2 is 2.22 bits per heavy atom. The molecule has 2 rings (SSSR count). The number of hydrogen-bond acceptors (Lipinski definition) is 2. The number of nitrogens with two attached hydrogens (primary N) is 1. The van der Waals surface area contributed by atoms with Gasteiger partial charge in [-0.3, -0.25) is 5.41 Å². The van der Waals surface area contributed by atoms with E-state index in [9.17, 15) is 0 Å². The summed E-state index contributed by atoms with van der Waals surface area (Å²) in [6.45, 7) is 3.21. The molecule has 0 aliphatic heterocycles. The molecule has 18 heavy (non-hydrogen) atoms. The Bertz CT molecular complexity index is 441. The largest absolute Gasteiger partial charge is 0.384 e. The van der Waals surface area contributed by atoms with Crippen LogP contribution in [0.15, 0.2) is 18.2 Å². The zero-order chi connectivity index (χ0) is 13.1. The highest BCUT2D eigenvalue weighted by Gasteiger charge is 2.30. The van der Waals surface area contributed by atoms with Crippen molar-refractivity contribution in [2.45, 2.75) is 38.6 Å². The van der Waals surface area contributed by atoms with Crippen LogP contribution in [0.3, 0.4) is 0 Å². The molecule has 1 aromatic carbocycles. The summed E-state index contributed by atoms with van der Waals surface area (Å²) in [6.07, 6.45) is 4.78. The van der Waals surface area contributed by atoms with Crippen LogP contribution in [0.25, 0.3) is 0 Å². The summed E-state index contributed by atoms with van der Waals surface area (Å²) >= 11 is 6.09. The normalized spacial score (nSPS) is 14.6. The minimum atomic E-state index is 0.115. The van der Waals surface area contributed by atoms with Crippen LogP contribution in [0, 0.1) is 5.41 Å². The van der Waals surface area contributed by atoms with Crippen LogP contribution in [-0.2, 0) is 0 Å². The lowest BCUT2D eigenvalue weighted by Crippen LogP contribution is -2.29. The molecule has 98 valence electrons. The van der Waals surface area contributed by atoms with Crippen molar-refractivity contribution in [1.29, 1.82) is 5.41 Å². The molecule has 0 unspecified atom stereocenters. The quantitative estimate of drug-likeness (QED) is 0.612. The Balaban J connectivity index is 2.32. The second-order valence-electron chi connectivity index (χ2n) is 4.85. The third-order valence-electron chi connectivity index (χ3n) is 3.30. The van der Waals surface area contributed by atoms with Gasteiger partial charge in [-0.2, -0.15) is 0 Å². The van der Waals surface area contributed by atoms with Crippen molar-refractivity contribution < 1.29 is 0 Å². The Hall–Kier alpha value is -1.22. The fraction of sp³-hybridized carbons (Fsp3) is 0.500. The summed E-state index contributed by atoms with van der Waals surface area (Å²) < 4.78 is 0. The molecule has 4 heteroatoms. The number of anilines is 1. The van der Waals surface area contributed by atoms with Crippen LogP contribution in [-0.4, -0.2) is 18.4 Å². The van der Waals surface area contributed by atoms with Crippen molar-refractivity contribution in [2.24, 2.45) is 5.73 Å². The zero-order valence-corrected chi connectivity index (χ0v) is 11.5. The van der Waals surface area contributed by atoms with E-state index in [1.165, 1.54) is 19.3 Å². The number of hydrogen-bond donors (Lipinski definition) is 2. The van der Waals surface area contributed by atoms with Crippen LogP contribution < -0.4 is 10.6 Å². The monoisotopic (exact) mass is 265 g/mol. The van der Waals surface area contributed by atoms with E-state index in [0.29, 0.717) is 11.1 Å². The van der Waals surface area contributed by atoms with E-state index in [2.05, 4.69) is 11.8 Å². The molecule has 3 nitrogen and oxygen atoms in total. The van der Waals surface area contributed by atoms with Gasteiger partial charge < -0.3 is 10.6 Å². The molecule has 1 aliphatic rings. The molecule has 0 saturated heterocycles. The third kappa shape index (κ3) is 2.96. The number of rotatable bonds is 6. The van der Waals surface area contributed by atoms with Gasteiger partial charge in [0.15, 0.2) is 0 Å². The summed E-state index contributed by atoms with van der Waals surface area (Å²) in [6, 6.07) is 6.19. The van der Waals surface area contributed by atoms with Gasteiger partial charge in [0.25, 0.3) is 0 Å². The first kappa shape index (κ1) is 13.2. The van der Waals surface area contributed by atoms with Crippen LogP contribution in [0.5, 0.6) is 0 Å². The molecular formula is C14H20ClN3. The van der Waals surface area contributed by atoms with Crippen molar-refractivity contribution in [3.8, 4) is 0 Å². The van der Waals surface area contributed by atoms with Gasteiger partial charge >= 0.3 is 0 Å². The first-order valence-corrected chi connectivity index (χ1v) is 6.92. The molecule has 0 aromatic heterocycles. The van der Waals surface area contributed by atoms with E-state index < -0.39 is 0 Å². The van der Waals surface area contributed by atoms with Gasteiger partial charge in [0.1, 0.15) is 5.84 Å². The summed E-state index contributed by atoms with van der Waals surface area (Å²) in [5, 5.41) is 8.39. The van der Waals surface area contributed by atoms with E-state index in [1.807, 2.05) is 12.1 Å². The maximum Gasteiger partial charge on any atom is 0.124 e. The Kier molecular flexibility index (Phi) is 4.12. The summed E-state index contributed by atoms with van der Waals surface area (Å²) in [5.74, 6) is 0.115. The minimum absolute atomic E-state index is 0.115. The van der Waals surface area contributed by atoms with E-state index >= 15 is 0 Å². The maximum atomic E-state index is 7.69. The molecule has 1 saturated carbocycles. The average molecular weight is 266 g/mol. The number of nitrogens with zero attached hydrogens (tertiary/aromatic N) is 1. The van der Waals surface area contributed by atoms with Gasteiger partial charge in [0.05, 0.1) is 0 Å². The fourth-order valence-corrected chi connectivity index (χ4v) is 2.35. The molecule has 0 radical (unpaired) electrons. The molecule has 0 bridgehead atoms. The van der Waals surface area contributed by atoms with Gasteiger partial charge in [-0.15, -0.1) is 0 Å². The highest BCUT2D eigenvalue weighted by Crippen LogP contribution is 2.35. The Labute approximate surface area is 113 Å². The fourth-order valence-electron chi connectivity index (χ4n) is 2.18. The summed E-state index contributed by atoms with van der Waals surface area (Å²) in [7, 11) is 0.